The smallest absolute Gasteiger partial charge is 0.312 e. The molecule has 0 amide bonds. The van der Waals surface area contributed by atoms with Crippen LogP contribution in [-0.2, 0) is 14.3 Å². The summed E-state index contributed by atoms with van der Waals surface area (Å²) in [5, 5.41) is 0. The van der Waals surface area contributed by atoms with Crippen LogP contribution in [0.2, 0.25) is 0 Å². The van der Waals surface area contributed by atoms with Crippen LogP contribution in [0.4, 0.5) is 0 Å². The fourth-order valence-electron chi connectivity index (χ4n) is 3.36. The number of esters is 1. The molecule has 3 rings (SSSR count). The lowest BCUT2D eigenvalue weighted by Crippen LogP contribution is -2.42. The molecule has 3 heteroatoms. The quantitative estimate of drug-likeness (QED) is 0.526. The Morgan fingerprint density at radius 1 is 1.46 bits per heavy atom. The predicted octanol–water partition coefficient (Wildman–Crippen LogP) is 1.12. The number of ether oxygens (including phenoxy) is 2. The van der Waals surface area contributed by atoms with Gasteiger partial charge in [0.1, 0.15) is 12.2 Å². The van der Waals surface area contributed by atoms with E-state index >= 15 is 0 Å². The highest BCUT2D eigenvalue weighted by Crippen LogP contribution is 2.60. The summed E-state index contributed by atoms with van der Waals surface area (Å²) in [7, 11) is 0. The van der Waals surface area contributed by atoms with E-state index in [1.54, 1.807) is 0 Å². The maximum Gasteiger partial charge on any atom is 0.312 e. The molecular weight excluding hydrogens is 168 g/mol. The highest BCUT2D eigenvalue weighted by Gasteiger charge is 2.69. The molecule has 3 heterocycles. The van der Waals surface area contributed by atoms with Gasteiger partial charge in [-0.25, -0.2) is 0 Å². The van der Waals surface area contributed by atoms with Crippen LogP contribution in [0.15, 0.2) is 0 Å². The summed E-state index contributed by atoms with van der Waals surface area (Å²) in [5.74, 6) is -0.0639. The molecular formula is C10H14O3. The lowest BCUT2D eigenvalue weighted by Gasteiger charge is -2.32. The van der Waals surface area contributed by atoms with E-state index in [9.17, 15) is 4.79 Å². The van der Waals surface area contributed by atoms with Gasteiger partial charge in [-0.15, -0.1) is 0 Å². The molecule has 3 saturated heterocycles. The highest BCUT2D eigenvalue weighted by molar-refractivity contribution is 5.78. The van der Waals surface area contributed by atoms with Crippen LogP contribution in [0, 0.1) is 11.3 Å². The average molecular weight is 182 g/mol. The summed E-state index contributed by atoms with van der Waals surface area (Å²) in [5.41, 5.74) is -0.267. The van der Waals surface area contributed by atoms with Crippen molar-refractivity contribution in [3.05, 3.63) is 0 Å². The molecule has 3 fully saturated rings. The maximum atomic E-state index is 11.6. The normalized spacial score (nSPS) is 50.8. The number of carbonyl (C=O) groups is 1. The zero-order valence-corrected chi connectivity index (χ0v) is 8.00. The highest BCUT2D eigenvalue weighted by atomic mass is 16.6. The molecule has 0 unspecified atom stereocenters. The van der Waals surface area contributed by atoms with Crippen molar-refractivity contribution in [1.82, 2.24) is 0 Å². The van der Waals surface area contributed by atoms with Crippen LogP contribution in [0.5, 0.6) is 0 Å². The Morgan fingerprint density at radius 2 is 2.23 bits per heavy atom. The average Bonchev–Trinajstić information content (AvgIpc) is 2.63. The van der Waals surface area contributed by atoms with Crippen molar-refractivity contribution in [2.75, 3.05) is 6.61 Å². The molecule has 2 bridgehead atoms. The lowest BCUT2D eigenvalue weighted by molar-refractivity contribution is -0.144. The van der Waals surface area contributed by atoms with Gasteiger partial charge in [0.15, 0.2) is 0 Å². The summed E-state index contributed by atoms with van der Waals surface area (Å²) in [6.45, 7) is 4.72. The summed E-state index contributed by atoms with van der Waals surface area (Å²) >= 11 is 0. The first kappa shape index (κ1) is 7.80. The fraction of sp³-hybridized carbons (Fsp3) is 0.900. The van der Waals surface area contributed by atoms with Gasteiger partial charge in [0, 0.05) is 5.41 Å². The van der Waals surface area contributed by atoms with Crippen molar-refractivity contribution in [3.63, 3.8) is 0 Å². The van der Waals surface area contributed by atoms with Gasteiger partial charge in [-0.05, 0) is 12.8 Å². The molecule has 3 aliphatic heterocycles. The van der Waals surface area contributed by atoms with Gasteiger partial charge >= 0.3 is 5.97 Å². The SMILES string of the molecule is CC1(C)[C@@H]2CC[C@@]3(COC(=O)[C@@H]13)O2. The third kappa shape index (κ3) is 0.688. The monoisotopic (exact) mass is 182 g/mol. The van der Waals surface area contributed by atoms with E-state index in [-0.39, 0.29) is 29.0 Å². The predicted molar refractivity (Wildman–Crippen MR) is 45.1 cm³/mol. The van der Waals surface area contributed by atoms with Crippen LogP contribution >= 0.6 is 0 Å². The van der Waals surface area contributed by atoms with E-state index < -0.39 is 0 Å². The van der Waals surface area contributed by atoms with E-state index in [1.807, 2.05) is 0 Å². The second kappa shape index (κ2) is 1.92. The number of fused-ring (bicyclic) bond motifs is 1. The van der Waals surface area contributed by atoms with E-state index in [4.69, 9.17) is 9.47 Å². The topological polar surface area (TPSA) is 35.5 Å². The Labute approximate surface area is 77.4 Å². The molecule has 0 radical (unpaired) electrons. The van der Waals surface area contributed by atoms with Crippen LogP contribution in [-0.4, -0.2) is 24.3 Å². The zero-order valence-electron chi connectivity index (χ0n) is 8.00. The fourth-order valence-corrected chi connectivity index (χ4v) is 3.36. The maximum absolute atomic E-state index is 11.6. The second-order valence-corrected chi connectivity index (χ2v) is 5.07. The van der Waals surface area contributed by atoms with Gasteiger partial charge in [-0.2, -0.15) is 0 Å². The second-order valence-electron chi connectivity index (χ2n) is 5.07. The molecule has 0 aromatic rings. The Kier molecular flexibility index (Phi) is 1.15. The first-order valence-corrected chi connectivity index (χ1v) is 4.91. The van der Waals surface area contributed by atoms with Gasteiger partial charge in [-0.3, -0.25) is 4.79 Å². The van der Waals surface area contributed by atoms with Gasteiger partial charge in [0.2, 0.25) is 0 Å². The molecule has 1 spiro atoms. The molecule has 0 aromatic heterocycles. The van der Waals surface area contributed by atoms with Crippen LogP contribution in [0.1, 0.15) is 26.7 Å². The van der Waals surface area contributed by atoms with Crippen LogP contribution in [0.25, 0.3) is 0 Å². The van der Waals surface area contributed by atoms with Crippen LogP contribution < -0.4 is 0 Å². The van der Waals surface area contributed by atoms with Gasteiger partial charge in [-0.1, -0.05) is 13.8 Å². The standard InChI is InChI=1S/C10H14O3/c1-9(2)6-3-4-10(13-6)5-12-8(11)7(9)10/h6-7H,3-5H2,1-2H3/t6-,7-,10-/m0/s1. The Morgan fingerprint density at radius 3 is 2.92 bits per heavy atom. The third-order valence-corrected chi connectivity index (χ3v) is 4.00. The van der Waals surface area contributed by atoms with E-state index in [0.29, 0.717) is 6.61 Å². The number of hydrogen-bond donors (Lipinski definition) is 0. The largest absolute Gasteiger partial charge is 0.462 e. The molecule has 72 valence electrons. The molecule has 0 aliphatic carbocycles. The molecule has 3 atom stereocenters. The Bertz CT molecular complexity index is 284. The molecule has 0 N–H and O–H groups in total. The molecule has 0 aromatic carbocycles. The minimum Gasteiger partial charge on any atom is -0.462 e. The lowest BCUT2D eigenvalue weighted by atomic mass is 9.65. The number of hydrogen-bond acceptors (Lipinski definition) is 3. The van der Waals surface area contributed by atoms with Gasteiger partial charge < -0.3 is 9.47 Å². The number of cyclic esters (lactones) is 1. The Hall–Kier alpha value is -0.570. The molecule has 3 nitrogen and oxygen atoms in total. The molecule has 0 saturated carbocycles. The summed E-state index contributed by atoms with van der Waals surface area (Å²) in [6.07, 6.45) is 2.35. The first-order valence-electron chi connectivity index (χ1n) is 4.91. The van der Waals surface area contributed by atoms with Crippen molar-refractivity contribution >= 4 is 5.97 Å². The van der Waals surface area contributed by atoms with E-state index in [1.165, 1.54) is 0 Å². The van der Waals surface area contributed by atoms with Crippen molar-refractivity contribution < 1.29 is 14.3 Å². The Balaban J connectivity index is 2.10. The van der Waals surface area contributed by atoms with Gasteiger partial charge in [0.25, 0.3) is 0 Å². The van der Waals surface area contributed by atoms with Crippen molar-refractivity contribution in [2.24, 2.45) is 11.3 Å². The van der Waals surface area contributed by atoms with E-state index in [0.717, 1.165) is 12.8 Å². The van der Waals surface area contributed by atoms with Crippen molar-refractivity contribution in [1.29, 1.82) is 0 Å². The van der Waals surface area contributed by atoms with E-state index in [2.05, 4.69) is 13.8 Å². The third-order valence-electron chi connectivity index (χ3n) is 4.00. The molecule has 13 heavy (non-hydrogen) atoms. The number of carbonyl (C=O) groups excluding carboxylic acids is 1. The van der Waals surface area contributed by atoms with Crippen LogP contribution in [0.3, 0.4) is 0 Å². The minimum absolute atomic E-state index is 0.0150. The summed E-state index contributed by atoms with van der Waals surface area (Å²) in [6, 6.07) is 0. The summed E-state index contributed by atoms with van der Waals surface area (Å²) < 4.78 is 11.0. The summed E-state index contributed by atoms with van der Waals surface area (Å²) in [4.78, 5) is 11.6. The number of rotatable bonds is 0. The van der Waals surface area contributed by atoms with Crippen molar-refractivity contribution in [2.45, 2.75) is 38.4 Å². The zero-order chi connectivity index (χ0) is 9.27. The van der Waals surface area contributed by atoms with Crippen molar-refractivity contribution in [3.8, 4) is 0 Å². The van der Waals surface area contributed by atoms with Gasteiger partial charge in [0.05, 0.1) is 12.0 Å². The molecule has 3 aliphatic rings. The first-order chi connectivity index (χ1) is 6.06. The minimum atomic E-state index is -0.245.